The van der Waals surface area contributed by atoms with Gasteiger partial charge in [0, 0.05) is 0 Å². The van der Waals surface area contributed by atoms with Crippen LogP contribution in [0.15, 0.2) is 0 Å². The van der Waals surface area contributed by atoms with Crippen LogP contribution in [0, 0.1) is 0 Å². The van der Waals surface area contributed by atoms with Gasteiger partial charge in [-0.25, -0.2) is 0 Å². The van der Waals surface area contributed by atoms with Crippen molar-refractivity contribution >= 4 is 0 Å². The van der Waals surface area contributed by atoms with Gasteiger partial charge in [0.05, 0.1) is 0 Å². The molecule has 0 aliphatic heterocycles. The van der Waals surface area contributed by atoms with E-state index in [2.05, 4.69) is 6.92 Å². The Morgan fingerprint density at radius 3 is 1.12 bits per heavy atom. The van der Waals surface area contributed by atoms with E-state index in [1.807, 2.05) is 6.92 Å². The summed E-state index contributed by atoms with van der Waals surface area (Å²) in [5.41, 5.74) is 10.3. The predicted molar refractivity (Wildman–Crippen MR) is 80.2 cm³/mol. The van der Waals surface area contributed by atoms with Gasteiger partial charge in [-0.05, 0) is 19.5 Å². The van der Waals surface area contributed by atoms with E-state index in [0.29, 0.717) is 0 Å². The van der Waals surface area contributed by atoms with E-state index in [0.717, 1.165) is 13.1 Å². The van der Waals surface area contributed by atoms with Crippen LogP contribution in [0.3, 0.4) is 0 Å². The van der Waals surface area contributed by atoms with E-state index in [4.69, 9.17) is 11.5 Å². The molecule has 4 N–H and O–H groups in total. The second-order valence-corrected chi connectivity index (χ2v) is 4.73. The minimum Gasteiger partial charge on any atom is -0.331 e. The van der Waals surface area contributed by atoms with Crippen molar-refractivity contribution in [2.45, 2.75) is 84.5 Å². The highest BCUT2D eigenvalue weighted by Crippen LogP contribution is 2.10. The maximum atomic E-state index is 5.44. The smallest absolute Gasteiger partial charge is 0.00773 e. The van der Waals surface area contributed by atoms with Crippen molar-refractivity contribution in [3.63, 3.8) is 0 Å². The molecule has 0 saturated heterocycles. The zero-order chi connectivity index (χ0) is 13.2. The van der Waals surface area contributed by atoms with Crippen LogP contribution in [-0.4, -0.2) is 13.1 Å². The van der Waals surface area contributed by atoms with Gasteiger partial charge >= 0.3 is 0 Å². The molecule has 0 unspecified atom stereocenters. The van der Waals surface area contributed by atoms with E-state index < -0.39 is 0 Å². The fourth-order valence-electron chi connectivity index (χ4n) is 1.81. The van der Waals surface area contributed by atoms with E-state index in [9.17, 15) is 0 Å². The molecule has 17 heavy (non-hydrogen) atoms. The maximum absolute atomic E-state index is 5.44. The Labute approximate surface area is 110 Å². The topological polar surface area (TPSA) is 52.0 Å². The minimum atomic E-state index is 0.750. The largest absolute Gasteiger partial charge is 0.331 e. The molecule has 0 spiro atoms. The summed E-state index contributed by atoms with van der Waals surface area (Å²) >= 11 is 0. The lowest BCUT2D eigenvalue weighted by atomic mass is 10.1. The van der Waals surface area contributed by atoms with Crippen LogP contribution in [0.5, 0.6) is 0 Å². The summed E-state index contributed by atoms with van der Waals surface area (Å²) in [5.74, 6) is 0. The summed E-state index contributed by atoms with van der Waals surface area (Å²) in [6.07, 6.45) is 15.4. The van der Waals surface area contributed by atoms with Crippen LogP contribution in [0.25, 0.3) is 0 Å². The molecule has 0 aromatic heterocycles. The van der Waals surface area contributed by atoms with Gasteiger partial charge in [0.2, 0.25) is 0 Å². The van der Waals surface area contributed by atoms with Crippen LogP contribution in [0.1, 0.15) is 84.5 Å². The summed E-state index contributed by atoms with van der Waals surface area (Å²) in [4.78, 5) is 0. The summed E-state index contributed by atoms with van der Waals surface area (Å²) in [5, 5.41) is 0. The minimum absolute atomic E-state index is 0.750. The number of hydrogen-bond acceptors (Lipinski definition) is 2. The third-order valence-corrected chi connectivity index (χ3v) is 2.81. The molecule has 0 radical (unpaired) electrons. The lowest BCUT2D eigenvalue weighted by Crippen LogP contribution is -1.97. The van der Waals surface area contributed by atoms with Gasteiger partial charge in [0.15, 0.2) is 0 Å². The Morgan fingerprint density at radius 1 is 0.529 bits per heavy atom. The van der Waals surface area contributed by atoms with Gasteiger partial charge in [0.1, 0.15) is 0 Å². The van der Waals surface area contributed by atoms with Gasteiger partial charge in [-0.15, -0.1) is 0 Å². The van der Waals surface area contributed by atoms with Crippen molar-refractivity contribution in [3.8, 4) is 0 Å². The summed E-state index contributed by atoms with van der Waals surface area (Å²) in [6, 6.07) is 0. The van der Waals surface area contributed by atoms with Gasteiger partial charge in [-0.3, -0.25) is 0 Å². The summed E-state index contributed by atoms with van der Waals surface area (Å²) < 4.78 is 0. The fourth-order valence-corrected chi connectivity index (χ4v) is 1.81. The molecule has 0 aliphatic carbocycles. The second kappa shape index (κ2) is 21.2. The molecule has 0 saturated carbocycles. The fraction of sp³-hybridized carbons (Fsp3) is 1.00. The van der Waals surface area contributed by atoms with Crippen molar-refractivity contribution < 1.29 is 0 Å². The monoisotopic (exact) mass is 244 g/mol. The molecule has 0 aromatic rings. The van der Waals surface area contributed by atoms with Crippen LogP contribution in [0.4, 0.5) is 0 Å². The van der Waals surface area contributed by atoms with Gasteiger partial charge in [-0.2, -0.15) is 0 Å². The predicted octanol–water partition coefficient (Wildman–Crippen LogP) is 4.22. The Morgan fingerprint density at radius 2 is 0.824 bits per heavy atom. The molecular weight excluding hydrogens is 208 g/mol. The van der Waals surface area contributed by atoms with Crippen molar-refractivity contribution in [3.05, 3.63) is 0 Å². The van der Waals surface area contributed by atoms with Gasteiger partial charge in [-0.1, -0.05) is 78.1 Å². The van der Waals surface area contributed by atoms with Crippen LogP contribution >= 0.6 is 0 Å². The molecule has 0 fully saturated rings. The number of hydrogen-bond donors (Lipinski definition) is 2. The first-order valence-electron chi connectivity index (χ1n) is 7.73. The zero-order valence-electron chi connectivity index (χ0n) is 12.3. The first-order chi connectivity index (χ1) is 8.33. The molecule has 0 amide bonds. The molecule has 0 atom stereocenters. The molecular formula is C15H36N2. The average Bonchev–Trinajstić information content (AvgIpc) is 2.33. The third kappa shape index (κ3) is 25.9. The third-order valence-electron chi connectivity index (χ3n) is 2.81. The number of unbranched alkanes of at least 4 members (excludes halogenated alkanes) is 10. The summed E-state index contributed by atoms with van der Waals surface area (Å²) in [6.45, 7) is 5.80. The second-order valence-electron chi connectivity index (χ2n) is 4.73. The standard InChI is InChI=1S/C13H29N.C2H7N/c1-2-3-4-5-6-7-8-9-10-11-12-13-14;1-2-3/h2-14H2,1H3;2-3H2,1H3. The summed E-state index contributed by atoms with van der Waals surface area (Å²) in [7, 11) is 0. The quantitative estimate of drug-likeness (QED) is 0.535. The molecule has 2 nitrogen and oxygen atoms in total. The van der Waals surface area contributed by atoms with Gasteiger partial charge in [0.25, 0.3) is 0 Å². The van der Waals surface area contributed by atoms with E-state index in [-0.39, 0.29) is 0 Å². The van der Waals surface area contributed by atoms with Crippen LogP contribution < -0.4 is 11.5 Å². The lowest BCUT2D eigenvalue weighted by molar-refractivity contribution is 0.551. The van der Waals surface area contributed by atoms with E-state index in [1.165, 1.54) is 70.6 Å². The highest BCUT2D eigenvalue weighted by Gasteiger charge is 1.91. The molecule has 2 heteroatoms. The Hall–Kier alpha value is -0.0800. The van der Waals surface area contributed by atoms with E-state index >= 15 is 0 Å². The molecule has 0 heterocycles. The van der Waals surface area contributed by atoms with E-state index in [1.54, 1.807) is 0 Å². The Bertz CT molecular complexity index is 93.1. The highest BCUT2D eigenvalue weighted by molar-refractivity contribution is 4.47. The molecule has 0 rings (SSSR count). The molecule has 0 aromatic carbocycles. The first-order valence-corrected chi connectivity index (χ1v) is 7.73. The Balaban J connectivity index is 0. The van der Waals surface area contributed by atoms with Crippen molar-refractivity contribution in [2.75, 3.05) is 13.1 Å². The van der Waals surface area contributed by atoms with Gasteiger partial charge < -0.3 is 11.5 Å². The van der Waals surface area contributed by atoms with Crippen molar-refractivity contribution in [2.24, 2.45) is 11.5 Å². The molecule has 0 bridgehead atoms. The highest BCUT2D eigenvalue weighted by atomic mass is 14.5. The van der Waals surface area contributed by atoms with Crippen molar-refractivity contribution in [1.29, 1.82) is 0 Å². The number of rotatable bonds is 11. The van der Waals surface area contributed by atoms with Crippen LogP contribution in [0.2, 0.25) is 0 Å². The average molecular weight is 244 g/mol. The van der Waals surface area contributed by atoms with Crippen molar-refractivity contribution in [1.82, 2.24) is 0 Å². The van der Waals surface area contributed by atoms with Crippen LogP contribution in [-0.2, 0) is 0 Å². The molecule has 0 aliphatic rings. The SMILES string of the molecule is CCCCCCCCCCCCCN.CCN. The first kappa shape index (κ1) is 19.3. The lowest BCUT2D eigenvalue weighted by Gasteiger charge is -2.01. The normalized spacial score (nSPS) is 9.88. The maximum Gasteiger partial charge on any atom is -0.00773 e. The zero-order valence-corrected chi connectivity index (χ0v) is 12.3. The Kier molecular flexibility index (Phi) is 24.1. The molecule has 106 valence electrons. The number of nitrogens with two attached hydrogens (primary N) is 2.